The van der Waals surface area contributed by atoms with Gasteiger partial charge in [0.1, 0.15) is 11.6 Å². The van der Waals surface area contributed by atoms with Gasteiger partial charge in [0, 0.05) is 45.0 Å². The molecule has 0 saturated carbocycles. The molecule has 2 aliphatic carbocycles. The van der Waals surface area contributed by atoms with Crippen LogP contribution < -0.4 is 9.80 Å². The first-order chi connectivity index (χ1) is 36.2. The van der Waals surface area contributed by atoms with E-state index in [0.29, 0.717) is 0 Å². The van der Waals surface area contributed by atoms with Gasteiger partial charge in [-0.1, -0.05) is 191 Å². The van der Waals surface area contributed by atoms with E-state index in [1.165, 1.54) is 79.9 Å². The van der Waals surface area contributed by atoms with Crippen molar-refractivity contribution in [1.82, 2.24) is 0 Å². The molecular weight excluding hydrogens is 931 g/mol. The van der Waals surface area contributed by atoms with Crippen LogP contribution in [0.25, 0.3) is 46.6 Å². The van der Waals surface area contributed by atoms with E-state index in [9.17, 15) is 8.78 Å². The lowest BCUT2D eigenvalue weighted by atomic mass is 9.81. The molecular formula is C72H66F2N2. The van der Waals surface area contributed by atoms with Crippen molar-refractivity contribution in [3.8, 4) is 22.3 Å². The number of hydrogen-bond acceptors (Lipinski definition) is 2. The lowest BCUT2D eigenvalue weighted by molar-refractivity contribution is 0.590. The van der Waals surface area contributed by atoms with Crippen LogP contribution in [0.4, 0.5) is 42.9 Å². The molecule has 0 unspecified atom stereocenters. The average molecular weight is 997 g/mol. The van der Waals surface area contributed by atoms with Crippen molar-refractivity contribution in [2.45, 2.75) is 90.9 Å². The van der Waals surface area contributed by atoms with Crippen LogP contribution in [0.2, 0.25) is 0 Å². The number of rotatable bonds is 10. The number of anilines is 6. The summed E-state index contributed by atoms with van der Waals surface area (Å²) >= 11 is 0. The lowest BCUT2D eigenvalue weighted by Crippen LogP contribution is -2.17. The number of benzene rings is 9. The lowest BCUT2D eigenvalue weighted by Gasteiger charge is -2.29. The number of hydrogen-bond donors (Lipinski definition) is 0. The molecule has 0 heterocycles. The van der Waals surface area contributed by atoms with Crippen molar-refractivity contribution in [2.24, 2.45) is 0 Å². The Hall–Kier alpha value is -8.08. The highest BCUT2D eigenvalue weighted by atomic mass is 19.1. The zero-order chi connectivity index (χ0) is 53.3. The van der Waals surface area contributed by atoms with Gasteiger partial charge in [-0.05, 0) is 186 Å². The van der Waals surface area contributed by atoms with Crippen molar-refractivity contribution in [1.29, 1.82) is 0 Å². The van der Waals surface area contributed by atoms with Gasteiger partial charge in [-0.25, -0.2) is 8.78 Å². The van der Waals surface area contributed by atoms with Gasteiger partial charge in [0.15, 0.2) is 0 Å². The fourth-order valence-electron chi connectivity index (χ4n) is 11.4. The monoisotopic (exact) mass is 997 g/mol. The molecule has 0 spiro atoms. The summed E-state index contributed by atoms with van der Waals surface area (Å²) in [5.41, 5.74) is 22.8. The number of fused-ring (bicyclic) bond motifs is 6. The fraction of sp³-hybridized carbons (Fsp3) is 0.194. The average Bonchev–Trinajstić information content (AvgIpc) is 3.86. The molecule has 4 heteroatoms. The summed E-state index contributed by atoms with van der Waals surface area (Å²) in [5, 5.41) is 0. The molecule has 378 valence electrons. The van der Waals surface area contributed by atoms with E-state index in [4.69, 9.17) is 0 Å². The predicted octanol–water partition coefficient (Wildman–Crippen LogP) is 20.5. The van der Waals surface area contributed by atoms with E-state index in [1.54, 1.807) is 0 Å². The van der Waals surface area contributed by atoms with Gasteiger partial charge in [-0.2, -0.15) is 0 Å². The van der Waals surface area contributed by atoms with Crippen molar-refractivity contribution in [3.63, 3.8) is 0 Å². The van der Waals surface area contributed by atoms with Crippen molar-refractivity contribution < 1.29 is 8.78 Å². The van der Waals surface area contributed by atoms with E-state index in [1.807, 2.05) is 24.3 Å². The van der Waals surface area contributed by atoms with Crippen LogP contribution in [0, 0.1) is 11.6 Å². The Morgan fingerprint density at radius 1 is 0.303 bits per heavy atom. The minimum Gasteiger partial charge on any atom is -0.310 e. The van der Waals surface area contributed by atoms with Crippen molar-refractivity contribution in [3.05, 3.63) is 261 Å². The molecule has 2 aliphatic rings. The normalized spacial score (nSPS) is 14.2. The van der Waals surface area contributed by atoms with Gasteiger partial charge in [0.05, 0.1) is 0 Å². The van der Waals surface area contributed by atoms with E-state index in [0.717, 1.165) is 56.4 Å². The molecule has 0 radical (unpaired) electrons. The number of halogens is 2. The number of nitrogens with zero attached hydrogens (tertiary/aromatic N) is 2. The summed E-state index contributed by atoms with van der Waals surface area (Å²) in [6.07, 6.45) is 8.82. The molecule has 0 amide bonds. The SMILES string of the molecule is CC(C)(C)c1ccc(N(c2ccc(F)cc2)c2ccc3c(c2)C(C)(C)c2cc(C=Cc4ccc(C=Cc5ccc6c(c5)C(C)(C)c5cc(N(c7ccc(F)cc7)c7ccc(C(C)(C)C)cc7)ccc5-6)cc4)ccc2-3)cc1. The molecule has 0 fully saturated rings. The molecule has 0 bridgehead atoms. The highest BCUT2D eigenvalue weighted by Crippen LogP contribution is 2.53. The van der Waals surface area contributed by atoms with Crippen molar-refractivity contribution >= 4 is 58.4 Å². The first-order valence-electron chi connectivity index (χ1n) is 26.6. The summed E-state index contributed by atoms with van der Waals surface area (Å²) in [7, 11) is 0. The summed E-state index contributed by atoms with van der Waals surface area (Å²) in [4.78, 5) is 4.45. The Morgan fingerprint density at radius 3 is 0.868 bits per heavy atom. The molecule has 0 aromatic heterocycles. The first kappa shape index (κ1) is 50.1. The maximum absolute atomic E-state index is 14.2. The first-order valence-corrected chi connectivity index (χ1v) is 26.6. The zero-order valence-corrected chi connectivity index (χ0v) is 45.4. The molecule has 0 atom stereocenters. The molecule has 0 N–H and O–H groups in total. The standard InChI is InChI=1S/C72H66F2N2/c1-69(2,3)51-21-29-55(30-22-51)75(57-33-25-53(73)26-34-57)59-37-41-63-61-39-19-49(43-65(61)71(7,8)67(63)45-59)17-15-47-11-13-48(14-12-47)16-18-50-20-40-62-64-42-38-60(46-68(64)72(9,10)66(62)44-50)76(58-35-27-54(74)28-36-58)56-31-23-52(24-32-56)70(4,5)6/h11-46H,1-10H3. The molecule has 0 aliphatic heterocycles. The van der Waals surface area contributed by atoms with Gasteiger partial charge in [-0.15, -0.1) is 0 Å². The summed E-state index contributed by atoms with van der Waals surface area (Å²) in [6.45, 7) is 22.6. The third kappa shape index (κ3) is 9.40. The van der Waals surface area contributed by atoms with E-state index in [2.05, 4.69) is 249 Å². The molecule has 9 aromatic carbocycles. The van der Waals surface area contributed by atoms with Gasteiger partial charge >= 0.3 is 0 Å². The Morgan fingerprint density at radius 2 is 0.553 bits per heavy atom. The maximum atomic E-state index is 14.2. The van der Waals surface area contributed by atoms with E-state index >= 15 is 0 Å². The minimum atomic E-state index is -0.251. The van der Waals surface area contributed by atoms with Crippen LogP contribution >= 0.6 is 0 Å². The second-order valence-corrected chi connectivity index (χ2v) is 23.9. The molecule has 76 heavy (non-hydrogen) atoms. The molecule has 0 saturated heterocycles. The minimum absolute atomic E-state index is 0.0349. The van der Waals surface area contributed by atoms with Gasteiger partial charge in [0.2, 0.25) is 0 Å². The zero-order valence-electron chi connectivity index (χ0n) is 45.4. The Labute approximate surface area is 449 Å². The highest BCUT2D eigenvalue weighted by Gasteiger charge is 2.38. The Kier molecular flexibility index (Phi) is 12.5. The van der Waals surface area contributed by atoms with Crippen LogP contribution in [0.1, 0.15) is 125 Å². The third-order valence-electron chi connectivity index (χ3n) is 15.9. The van der Waals surface area contributed by atoms with Crippen LogP contribution in [0.15, 0.2) is 194 Å². The second kappa shape index (κ2) is 18.9. The second-order valence-electron chi connectivity index (χ2n) is 23.9. The largest absolute Gasteiger partial charge is 0.310 e. The molecule has 11 rings (SSSR count). The van der Waals surface area contributed by atoms with Gasteiger partial charge in [0.25, 0.3) is 0 Å². The smallest absolute Gasteiger partial charge is 0.123 e. The molecule has 2 nitrogen and oxygen atoms in total. The summed E-state index contributed by atoms with van der Waals surface area (Å²) in [5.74, 6) is -0.501. The van der Waals surface area contributed by atoms with E-state index < -0.39 is 0 Å². The predicted molar refractivity (Wildman–Crippen MR) is 319 cm³/mol. The Balaban J connectivity index is 0.796. The Bertz CT molecular complexity index is 3450. The topological polar surface area (TPSA) is 6.48 Å². The van der Waals surface area contributed by atoms with Crippen LogP contribution in [0.3, 0.4) is 0 Å². The van der Waals surface area contributed by atoms with Gasteiger partial charge in [-0.3, -0.25) is 0 Å². The molecule has 9 aromatic rings. The highest BCUT2D eigenvalue weighted by molar-refractivity contribution is 5.89. The maximum Gasteiger partial charge on any atom is 0.123 e. The van der Waals surface area contributed by atoms with Crippen LogP contribution in [0.5, 0.6) is 0 Å². The van der Waals surface area contributed by atoms with Crippen LogP contribution in [-0.2, 0) is 21.7 Å². The fourth-order valence-corrected chi connectivity index (χ4v) is 11.4. The van der Waals surface area contributed by atoms with Crippen molar-refractivity contribution in [2.75, 3.05) is 9.80 Å². The third-order valence-corrected chi connectivity index (χ3v) is 15.9. The van der Waals surface area contributed by atoms with E-state index in [-0.39, 0.29) is 33.3 Å². The summed E-state index contributed by atoms with van der Waals surface area (Å²) < 4.78 is 28.4. The quantitative estimate of drug-likeness (QED) is 0.126. The summed E-state index contributed by atoms with van der Waals surface area (Å²) in [6, 6.07) is 67.0. The van der Waals surface area contributed by atoms with Gasteiger partial charge < -0.3 is 9.80 Å². The van der Waals surface area contributed by atoms with Crippen LogP contribution in [-0.4, -0.2) is 0 Å².